The van der Waals surface area contributed by atoms with Gasteiger partial charge in [0.25, 0.3) is 0 Å². The molecular formula is C14H24N4. The van der Waals surface area contributed by atoms with Crippen LogP contribution in [0.25, 0.3) is 0 Å². The highest BCUT2D eigenvalue weighted by Crippen LogP contribution is 2.05. The van der Waals surface area contributed by atoms with Crippen LogP contribution in [0.1, 0.15) is 12.6 Å². The summed E-state index contributed by atoms with van der Waals surface area (Å²) in [5.41, 5.74) is 1.15. The number of hydrogen-bond donors (Lipinski definition) is 1. The van der Waals surface area contributed by atoms with E-state index in [1.165, 1.54) is 13.1 Å². The Kier molecular flexibility index (Phi) is 5.11. The molecule has 0 aromatic carbocycles. The molecule has 1 atom stereocenters. The second kappa shape index (κ2) is 6.83. The minimum Gasteiger partial charge on any atom is -0.314 e. The van der Waals surface area contributed by atoms with Crippen LogP contribution in [0.2, 0.25) is 0 Å². The van der Waals surface area contributed by atoms with Crippen LogP contribution in [0.15, 0.2) is 24.4 Å². The van der Waals surface area contributed by atoms with Gasteiger partial charge in [-0.05, 0) is 26.1 Å². The summed E-state index contributed by atoms with van der Waals surface area (Å²) in [5, 5.41) is 3.40. The van der Waals surface area contributed by atoms with Gasteiger partial charge < -0.3 is 5.32 Å². The van der Waals surface area contributed by atoms with E-state index >= 15 is 0 Å². The number of likely N-dealkylation sites (N-methyl/N-ethyl adjacent to an activating group) is 1. The summed E-state index contributed by atoms with van der Waals surface area (Å²) >= 11 is 0. The monoisotopic (exact) mass is 248 g/mol. The Bertz CT molecular complexity index is 335. The molecule has 0 aliphatic carbocycles. The number of pyridine rings is 1. The molecule has 0 saturated carbocycles. The summed E-state index contributed by atoms with van der Waals surface area (Å²) in [6.07, 6.45) is 1.86. The Morgan fingerprint density at radius 2 is 2.17 bits per heavy atom. The molecule has 0 radical (unpaired) electrons. The Labute approximate surface area is 110 Å². The molecule has 0 bridgehead atoms. The lowest BCUT2D eigenvalue weighted by molar-refractivity contribution is 0.143. The van der Waals surface area contributed by atoms with Gasteiger partial charge >= 0.3 is 0 Å². The van der Waals surface area contributed by atoms with Gasteiger partial charge in [-0.25, -0.2) is 0 Å². The minimum absolute atomic E-state index is 0.612. The van der Waals surface area contributed by atoms with Crippen LogP contribution in [-0.4, -0.2) is 60.6 Å². The molecule has 1 N–H and O–H groups in total. The molecule has 0 spiro atoms. The Hall–Kier alpha value is -0.970. The number of hydrogen-bond acceptors (Lipinski definition) is 4. The molecule has 1 aromatic rings. The van der Waals surface area contributed by atoms with Gasteiger partial charge in [-0.3, -0.25) is 14.8 Å². The minimum atomic E-state index is 0.612. The first-order chi connectivity index (χ1) is 8.75. The lowest BCUT2D eigenvalue weighted by Crippen LogP contribution is -2.50. The van der Waals surface area contributed by atoms with E-state index in [1.54, 1.807) is 0 Å². The van der Waals surface area contributed by atoms with Gasteiger partial charge in [0.05, 0.1) is 5.69 Å². The molecule has 100 valence electrons. The average Bonchev–Trinajstić information content (AvgIpc) is 2.40. The summed E-state index contributed by atoms with van der Waals surface area (Å²) in [5.74, 6) is 0. The van der Waals surface area contributed by atoms with Crippen molar-refractivity contribution in [3.63, 3.8) is 0 Å². The van der Waals surface area contributed by atoms with Crippen LogP contribution in [0, 0.1) is 0 Å². The molecule has 0 amide bonds. The molecule has 1 saturated heterocycles. The maximum absolute atomic E-state index is 4.37. The van der Waals surface area contributed by atoms with Crippen molar-refractivity contribution < 1.29 is 0 Å². The van der Waals surface area contributed by atoms with E-state index in [4.69, 9.17) is 0 Å². The van der Waals surface area contributed by atoms with E-state index in [0.29, 0.717) is 6.04 Å². The van der Waals surface area contributed by atoms with Gasteiger partial charge in [0, 0.05) is 51.5 Å². The molecule has 1 aromatic heterocycles. The summed E-state index contributed by atoms with van der Waals surface area (Å²) in [6.45, 7) is 8.91. The number of nitrogens with zero attached hydrogens (tertiary/aromatic N) is 3. The topological polar surface area (TPSA) is 31.4 Å². The summed E-state index contributed by atoms with van der Waals surface area (Å²) in [6, 6.07) is 6.72. The van der Waals surface area contributed by atoms with Crippen molar-refractivity contribution >= 4 is 0 Å². The van der Waals surface area contributed by atoms with Crippen molar-refractivity contribution in [2.45, 2.75) is 19.5 Å². The summed E-state index contributed by atoms with van der Waals surface area (Å²) in [4.78, 5) is 9.29. The molecular weight excluding hydrogens is 224 g/mol. The summed E-state index contributed by atoms with van der Waals surface area (Å²) < 4.78 is 0. The van der Waals surface area contributed by atoms with E-state index in [-0.39, 0.29) is 0 Å². The van der Waals surface area contributed by atoms with Crippen LogP contribution in [0.5, 0.6) is 0 Å². The largest absolute Gasteiger partial charge is 0.314 e. The lowest BCUT2D eigenvalue weighted by atomic mass is 10.2. The molecule has 2 rings (SSSR count). The third-order valence-corrected chi connectivity index (χ3v) is 3.51. The van der Waals surface area contributed by atoms with E-state index in [2.05, 4.69) is 46.2 Å². The zero-order valence-electron chi connectivity index (χ0n) is 11.5. The van der Waals surface area contributed by atoms with Crippen molar-refractivity contribution in [2.75, 3.05) is 39.8 Å². The standard InChI is InChI=1S/C14H24N4/c1-13(18-9-7-15-8-10-18)11-17(2)12-14-5-3-4-6-16-14/h3-6,13,15H,7-12H2,1-2H3. The van der Waals surface area contributed by atoms with Crippen LogP contribution in [0.3, 0.4) is 0 Å². The van der Waals surface area contributed by atoms with Crippen LogP contribution in [-0.2, 0) is 6.54 Å². The molecule has 2 heterocycles. The van der Waals surface area contributed by atoms with Gasteiger partial charge in [-0.1, -0.05) is 6.07 Å². The van der Waals surface area contributed by atoms with Crippen molar-refractivity contribution in [3.8, 4) is 0 Å². The average molecular weight is 248 g/mol. The fraction of sp³-hybridized carbons (Fsp3) is 0.643. The quantitative estimate of drug-likeness (QED) is 0.835. The highest BCUT2D eigenvalue weighted by Gasteiger charge is 2.17. The molecule has 1 fully saturated rings. The van der Waals surface area contributed by atoms with E-state index < -0.39 is 0 Å². The maximum Gasteiger partial charge on any atom is 0.0543 e. The zero-order chi connectivity index (χ0) is 12.8. The molecule has 1 aliphatic heterocycles. The lowest BCUT2D eigenvalue weighted by Gasteiger charge is -2.34. The van der Waals surface area contributed by atoms with E-state index in [1.807, 2.05) is 12.3 Å². The highest BCUT2D eigenvalue weighted by molar-refractivity contribution is 5.03. The Morgan fingerprint density at radius 3 is 2.83 bits per heavy atom. The van der Waals surface area contributed by atoms with Crippen LogP contribution < -0.4 is 5.32 Å². The van der Waals surface area contributed by atoms with Gasteiger partial charge in [0.2, 0.25) is 0 Å². The number of piperazine rings is 1. The molecule has 1 unspecified atom stereocenters. The number of rotatable bonds is 5. The number of nitrogens with one attached hydrogen (secondary N) is 1. The highest BCUT2D eigenvalue weighted by atomic mass is 15.2. The van der Waals surface area contributed by atoms with Gasteiger partial charge in [-0.2, -0.15) is 0 Å². The molecule has 1 aliphatic rings. The Balaban J connectivity index is 1.77. The summed E-state index contributed by atoms with van der Waals surface area (Å²) in [7, 11) is 2.17. The third-order valence-electron chi connectivity index (χ3n) is 3.51. The number of aromatic nitrogens is 1. The fourth-order valence-electron chi connectivity index (χ4n) is 2.52. The van der Waals surface area contributed by atoms with Gasteiger partial charge in [-0.15, -0.1) is 0 Å². The van der Waals surface area contributed by atoms with Crippen molar-refractivity contribution in [2.24, 2.45) is 0 Å². The first kappa shape index (κ1) is 13.5. The maximum atomic E-state index is 4.37. The first-order valence-corrected chi connectivity index (χ1v) is 6.79. The zero-order valence-corrected chi connectivity index (χ0v) is 11.5. The van der Waals surface area contributed by atoms with E-state index in [9.17, 15) is 0 Å². The molecule has 4 nitrogen and oxygen atoms in total. The van der Waals surface area contributed by atoms with E-state index in [0.717, 1.165) is 31.9 Å². The smallest absolute Gasteiger partial charge is 0.0543 e. The molecule has 4 heteroatoms. The van der Waals surface area contributed by atoms with Crippen LogP contribution in [0.4, 0.5) is 0 Å². The van der Waals surface area contributed by atoms with Crippen molar-refractivity contribution in [1.82, 2.24) is 20.1 Å². The van der Waals surface area contributed by atoms with Gasteiger partial charge in [0.15, 0.2) is 0 Å². The third kappa shape index (κ3) is 4.05. The van der Waals surface area contributed by atoms with Gasteiger partial charge in [0.1, 0.15) is 0 Å². The van der Waals surface area contributed by atoms with Crippen molar-refractivity contribution in [1.29, 1.82) is 0 Å². The molecule has 18 heavy (non-hydrogen) atoms. The Morgan fingerprint density at radius 1 is 1.39 bits per heavy atom. The second-order valence-electron chi connectivity index (χ2n) is 5.15. The predicted octanol–water partition coefficient (Wildman–Crippen LogP) is 0.807. The normalized spacial score (nSPS) is 19.1. The second-order valence-corrected chi connectivity index (χ2v) is 5.15. The SMILES string of the molecule is CC(CN(C)Cc1ccccn1)N1CCNCC1. The fourth-order valence-corrected chi connectivity index (χ4v) is 2.52. The predicted molar refractivity (Wildman–Crippen MR) is 74.5 cm³/mol. The first-order valence-electron chi connectivity index (χ1n) is 6.79. The van der Waals surface area contributed by atoms with Crippen LogP contribution >= 0.6 is 0 Å². The van der Waals surface area contributed by atoms with Crippen molar-refractivity contribution in [3.05, 3.63) is 30.1 Å².